The van der Waals surface area contributed by atoms with E-state index in [-0.39, 0.29) is 31.0 Å². The molecule has 0 saturated carbocycles. The summed E-state index contributed by atoms with van der Waals surface area (Å²) < 4.78 is 10.1. The largest absolute Gasteiger partial charge is 0.456 e. The molecule has 0 spiro atoms. The Hall–Kier alpha value is -3.10. The monoisotopic (exact) mass is 389 g/mol. The second-order valence-electron chi connectivity index (χ2n) is 6.96. The Bertz CT molecular complexity index is 824. The summed E-state index contributed by atoms with van der Waals surface area (Å²) in [6, 6.07) is 5.33. The van der Waals surface area contributed by atoms with Crippen molar-refractivity contribution in [1.82, 2.24) is 5.32 Å². The predicted octanol–water partition coefficient (Wildman–Crippen LogP) is 0.989. The standard InChI is InChI=1S/C19H23N3O6/c1-11-6-14-7-15(21-9-16(28-19(21)26)8-20-12(2)23)4-5-17(14)22(11)18(25)10-27-13(3)24/h4-5,7,11,16H,6,8-10H2,1-3H3,(H,20,23). The first-order valence-electron chi connectivity index (χ1n) is 9.07. The number of nitrogens with zero attached hydrogens (tertiary/aromatic N) is 2. The van der Waals surface area contributed by atoms with Crippen LogP contribution in [0.3, 0.4) is 0 Å². The smallest absolute Gasteiger partial charge is 0.414 e. The Morgan fingerprint density at radius 1 is 1.29 bits per heavy atom. The normalized spacial score (nSPS) is 20.6. The number of amides is 3. The van der Waals surface area contributed by atoms with E-state index >= 15 is 0 Å². The molecule has 1 fully saturated rings. The number of hydrogen-bond acceptors (Lipinski definition) is 6. The Kier molecular flexibility index (Phi) is 5.53. The summed E-state index contributed by atoms with van der Waals surface area (Å²) in [4.78, 5) is 49.7. The maximum absolute atomic E-state index is 12.4. The van der Waals surface area contributed by atoms with E-state index in [1.807, 2.05) is 13.0 Å². The molecule has 0 aromatic heterocycles. The molecule has 150 valence electrons. The summed E-state index contributed by atoms with van der Waals surface area (Å²) in [5, 5.41) is 2.64. The minimum absolute atomic E-state index is 0.0775. The molecule has 1 aromatic rings. The van der Waals surface area contributed by atoms with Crippen molar-refractivity contribution in [2.24, 2.45) is 0 Å². The molecule has 3 amide bonds. The molecule has 0 bridgehead atoms. The number of carbonyl (C=O) groups is 4. The van der Waals surface area contributed by atoms with Crippen LogP contribution in [0.5, 0.6) is 0 Å². The highest BCUT2D eigenvalue weighted by Crippen LogP contribution is 2.36. The maximum atomic E-state index is 12.4. The van der Waals surface area contributed by atoms with Gasteiger partial charge in [-0.1, -0.05) is 0 Å². The molecule has 9 heteroatoms. The van der Waals surface area contributed by atoms with Gasteiger partial charge < -0.3 is 19.7 Å². The summed E-state index contributed by atoms with van der Waals surface area (Å²) in [6.07, 6.45) is -0.248. The van der Waals surface area contributed by atoms with Crippen molar-refractivity contribution in [2.75, 3.05) is 29.5 Å². The lowest BCUT2D eigenvalue weighted by Gasteiger charge is -2.22. The van der Waals surface area contributed by atoms with E-state index in [0.717, 1.165) is 11.3 Å². The predicted molar refractivity (Wildman–Crippen MR) is 100 cm³/mol. The SMILES string of the molecule is CC(=O)NCC1CN(c2ccc3c(c2)CC(C)N3C(=O)COC(C)=O)C(=O)O1. The first kappa shape index (κ1) is 19.7. The molecule has 0 aliphatic carbocycles. The molecule has 1 aromatic carbocycles. The van der Waals surface area contributed by atoms with Crippen LogP contribution in [-0.4, -0.2) is 55.7 Å². The van der Waals surface area contributed by atoms with E-state index in [9.17, 15) is 19.2 Å². The molecular formula is C19H23N3O6. The molecule has 9 nitrogen and oxygen atoms in total. The summed E-state index contributed by atoms with van der Waals surface area (Å²) in [6.45, 7) is 4.88. The highest BCUT2D eigenvalue weighted by atomic mass is 16.6. The minimum atomic E-state index is -0.503. The third-order valence-electron chi connectivity index (χ3n) is 4.71. The molecule has 2 atom stereocenters. The van der Waals surface area contributed by atoms with E-state index in [4.69, 9.17) is 9.47 Å². The van der Waals surface area contributed by atoms with Gasteiger partial charge in [-0.05, 0) is 37.1 Å². The van der Waals surface area contributed by atoms with Crippen LogP contribution in [0.15, 0.2) is 18.2 Å². The third kappa shape index (κ3) is 4.08. The van der Waals surface area contributed by atoms with Crippen molar-refractivity contribution in [3.8, 4) is 0 Å². The van der Waals surface area contributed by atoms with Gasteiger partial charge in [-0.15, -0.1) is 0 Å². The Labute approximate surface area is 162 Å². The van der Waals surface area contributed by atoms with E-state index in [0.29, 0.717) is 18.7 Å². The van der Waals surface area contributed by atoms with Gasteiger partial charge in [0.1, 0.15) is 6.10 Å². The van der Waals surface area contributed by atoms with Crippen LogP contribution in [0.4, 0.5) is 16.2 Å². The number of rotatable bonds is 5. The zero-order valence-electron chi connectivity index (χ0n) is 16.1. The molecule has 2 heterocycles. The zero-order valence-corrected chi connectivity index (χ0v) is 16.1. The van der Waals surface area contributed by atoms with Crippen LogP contribution in [0.1, 0.15) is 26.3 Å². The first-order chi connectivity index (χ1) is 13.3. The van der Waals surface area contributed by atoms with Gasteiger partial charge in [0.15, 0.2) is 6.61 Å². The lowest BCUT2D eigenvalue weighted by Crippen LogP contribution is -2.38. The second-order valence-corrected chi connectivity index (χ2v) is 6.96. The quantitative estimate of drug-likeness (QED) is 0.753. The van der Waals surface area contributed by atoms with E-state index in [1.54, 1.807) is 17.0 Å². The fourth-order valence-electron chi connectivity index (χ4n) is 3.49. The molecule has 2 unspecified atom stereocenters. The van der Waals surface area contributed by atoms with Crippen LogP contribution in [0.25, 0.3) is 0 Å². The van der Waals surface area contributed by atoms with Crippen LogP contribution in [0.2, 0.25) is 0 Å². The second kappa shape index (κ2) is 7.87. The van der Waals surface area contributed by atoms with Gasteiger partial charge in [-0.25, -0.2) is 4.79 Å². The van der Waals surface area contributed by atoms with Gasteiger partial charge >= 0.3 is 12.1 Å². The highest BCUT2D eigenvalue weighted by Gasteiger charge is 2.35. The van der Waals surface area contributed by atoms with Gasteiger partial charge in [-0.3, -0.25) is 19.3 Å². The minimum Gasteiger partial charge on any atom is -0.456 e. The van der Waals surface area contributed by atoms with Gasteiger partial charge in [0.25, 0.3) is 5.91 Å². The molecule has 0 radical (unpaired) electrons. The van der Waals surface area contributed by atoms with Crippen LogP contribution >= 0.6 is 0 Å². The Balaban J connectivity index is 1.73. The molecular weight excluding hydrogens is 366 g/mol. The number of cyclic esters (lactones) is 1. The lowest BCUT2D eigenvalue weighted by atomic mass is 10.1. The highest BCUT2D eigenvalue weighted by molar-refractivity contribution is 5.98. The fraction of sp³-hybridized carbons (Fsp3) is 0.474. The number of anilines is 2. The number of esters is 1. The number of fused-ring (bicyclic) bond motifs is 1. The molecule has 2 aliphatic heterocycles. The third-order valence-corrected chi connectivity index (χ3v) is 4.71. The average Bonchev–Trinajstić information content (AvgIpc) is 3.16. The Morgan fingerprint density at radius 3 is 2.71 bits per heavy atom. The number of hydrogen-bond donors (Lipinski definition) is 1. The van der Waals surface area contributed by atoms with Crippen molar-refractivity contribution in [3.05, 3.63) is 23.8 Å². The van der Waals surface area contributed by atoms with Crippen LogP contribution < -0.4 is 15.1 Å². The average molecular weight is 389 g/mol. The number of benzene rings is 1. The molecule has 1 N–H and O–H groups in total. The number of nitrogens with one attached hydrogen (secondary N) is 1. The van der Waals surface area contributed by atoms with E-state index in [1.165, 1.54) is 18.7 Å². The van der Waals surface area contributed by atoms with Crippen molar-refractivity contribution >= 4 is 35.3 Å². The van der Waals surface area contributed by atoms with Crippen molar-refractivity contribution in [2.45, 2.75) is 39.3 Å². The zero-order chi connectivity index (χ0) is 20.4. The topological polar surface area (TPSA) is 105 Å². The molecule has 2 aliphatic rings. The maximum Gasteiger partial charge on any atom is 0.414 e. The summed E-state index contributed by atoms with van der Waals surface area (Å²) in [7, 11) is 0. The molecule has 1 saturated heterocycles. The van der Waals surface area contributed by atoms with Crippen molar-refractivity contribution < 1.29 is 28.7 Å². The van der Waals surface area contributed by atoms with Crippen molar-refractivity contribution in [3.63, 3.8) is 0 Å². The van der Waals surface area contributed by atoms with E-state index in [2.05, 4.69) is 5.32 Å². The summed E-state index contributed by atoms with van der Waals surface area (Å²) >= 11 is 0. The molecule has 3 rings (SSSR count). The fourth-order valence-corrected chi connectivity index (χ4v) is 3.49. The van der Waals surface area contributed by atoms with Gasteiger partial charge in [0.2, 0.25) is 5.91 Å². The first-order valence-corrected chi connectivity index (χ1v) is 9.07. The van der Waals surface area contributed by atoms with Gasteiger partial charge in [0.05, 0.1) is 13.1 Å². The van der Waals surface area contributed by atoms with Crippen LogP contribution in [0, 0.1) is 0 Å². The number of carbonyl (C=O) groups excluding carboxylic acids is 4. The summed E-state index contributed by atoms with van der Waals surface area (Å²) in [5.41, 5.74) is 2.35. The van der Waals surface area contributed by atoms with Gasteiger partial charge in [-0.2, -0.15) is 0 Å². The summed E-state index contributed by atoms with van der Waals surface area (Å²) in [5.74, 6) is -0.971. The van der Waals surface area contributed by atoms with Crippen molar-refractivity contribution in [1.29, 1.82) is 0 Å². The van der Waals surface area contributed by atoms with Gasteiger partial charge in [0, 0.05) is 31.3 Å². The number of ether oxygens (including phenoxy) is 2. The lowest BCUT2D eigenvalue weighted by molar-refractivity contribution is -0.145. The van der Waals surface area contributed by atoms with Crippen LogP contribution in [-0.2, 0) is 30.3 Å². The molecule has 28 heavy (non-hydrogen) atoms. The Morgan fingerprint density at radius 2 is 2.04 bits per heavy atom. The van der Waals surface area contributed by atoms with E-state index < -0.39 is 18.2 Å².